The molecule has 4 aliphatic rings. The monoisotopic (exact) mass is 1470 g/mol. The van der Waals surface area contributed by atoms with Gasteiger partial charge in [-0.1, -0.05) is 19.6 Å². The zero-order valence-corrected chi connectivity index (χ0v) is 61.9. The number of thiazole rings is 1. The predicted octanol–water partition coefficient (Wildman–Crippen LogP) is -0.421. The number of hydrogen-bond donors (Lipinski definition) is 0. The van der Waals surface area contributed by atoms with E-state index < -0.39 is 34.8 Å². The molecular weight excluding hydrogens is 1390 g/mol. The van der Waals surface area contributed by atoms with Gasteiger partial charge in [0.1, 0.15) is 12.3 Å². The molecule has 1 atom stereocenters. The fraction of sp³-hybridized carbons (Fsp3) is 0.403. The van der Waals surface area contributed by atoms with E-state index >= 15 is 0 Å². The Labute approximate surface area is 591 Å². The molecule has 0 saturated heterocycles. The molecule has 37 heteroatoms. The minimum absolute atomic E-state index is 0.00231. The summed E-state index contributed by atoms with van der Waals surface area (Å²) in [6.07, 6.45) is 8.34. The predicted molar refractivity (Wildman–Crippen MR) is 353 cm³/mol. The second-order valence-electron chi connectivity index (χ2n) is 23.0. The number of nitrogens with zero attached hydrogens (tertiary/aromatic N) is 12. The van der Waals surface area contributed by atoms with E-state index in [1.807, 2.05) is 48.5 Å². The van der Waals surface area contributed by atoms with Crippen molar-refractivity contribution in [3.05, 3.63) is 171 Å². The summed E-state index contributed by atoms with van der Waals surface area (Å²) in [7, 11) is 17.1. The van der Waals surface area contributed by atoms with Crippen molar-refractivity contribution >= 4 is 83.5 Å². The van der Waals surface area contributed by atoms with Crippen LogP contribution in [0.4, 0.5) is 0 Å². The van der Waals surface area contributed by atoms with Crippen molar-refractivity contribution in [2.75, 3.05) is 7.05 Å². The number of azo groups is 2. The maximum absolute atomic E-state index is 11.6. The molecule has 8 heterocycles. The highest BCUT2D eigenvalue weighted by atomic mass is 32.1. The van der Waals surface area contributed by atoms with Gasteiger partial charge in [-0.25, -0.2) is 9.59 Å². The molecule has 32 nitrogen and oxygen atoms in total. The van der Waals surface area contributed by atoms with Crippen LogP contribution in [0.1, 0.15) is 85.6 Å². The minimum atomic E-state index is -1.11. The van der Waals surface area contributed by atoms with Crippen molar-refractivity contribution in [2.24, 2.45) is 81.0 Å². The maximum atomic E-state index is 11.6. The summed E-state index contributed by atoms with van der Waals surface area (Å²) >= 11 is 20.3. The van der Waals surface area contributed by atoms with Gasteiger partial charge < -0.3 is 97.0 Å². The Balaban J connectivity index is 0.000000376. The van der Waals surface area contributed by atoms with Crippen molar-refractivity contribution in [2.45, 2.75) is 87.0 Å². The number of hydrogen-bond acceptors (Lipinski definition) is 26. The second-order valence-corrected chi connectivity index (χ2v) is 25.6. The second kappa shape index (κ2) is 35.9. The van der Waals surface area contributed by atoms with Gasteiger partial charge in [-0.3, -0.25) is 37.8 Å². The third-order valence-corrected chi connectivity index (χ3v) is 17.1. The Morgan fingerprint density at radius 1 is 0.556 bits per heavy atom. The first-order chi connectivity index (χ1) is 45.4. The quantitative estimate of drug-likeness (QED) is 0.106. The number of ketones is 2. The van der Waals surface area contributed by atoms with Gasteiger partial charge in [0.2, 0.25) is 0 Å². The Kier molecular flexibility index (Phi) is 30.8. The highest BCUT2D eigenvalue weighted by Crippen LogP contribution is 2.34. The van der Waals surface area contributed by atoms with Crippen LogP contribution in [0.3, 0.4) is 0 Å². The molecule has 542 valence electrons. The first-order valence-electron chi connectivity index (χ1n) is 28.8. The fourth-order valence-corrected chi connectivity index (χ4v) is 9.47. The highest BCUT2D eigenvalue weighted by Gasteiger charge is 2.25. The molecule has 2 aliphatic carbocycles. The summed E-state index contributed by atoms with van der Waals surface area (Å²) in [6.45, 7) is 16.6. The minimum Gasteiger partial charge on any atom is -0.875 e. The maximum Gasteiger partial charge on any atom is 0.334 e. The topological polar surface area (TPSA) is 446 Å². The molecule has 99 heavy (non-hydrogen) atoms. The lowest BCUT2D eigenvalue weighted by Crippen LogP contribution is -2.37. The molecule has 0 fully saturated rings. The van der Waals surface area contributed by atoms with Gasteiger partial charge in [0.15, 0.2) is 43.8 Å². The number of ether oxygens (including phenoxy) is 2. The Bertz CT molecular complexity index is 4620. The zero-order valence-electron chi connectivity index (χ0n) is 57.8. The van der Waals surface area contributed by atoms with Crippen LogP contribution in [0.15, 0.2) is 107 Å². The zero-order chi connectivity index (χ0) is 76.5. The number of carbonyl (C=O) groups is 3. The van der Waals surface area contributed by atoms with Gasteiger partial charge >= 0.3 is 11.7 Å². The Morgan fingerprint density at radius 2 is 1.07 bits per heavy atom. The van der Waals surface area contributed by atoms with Crippen molar-refractivity contribution in [3.8, 4) is 35.3 Å². The fourth-order valence-electron chi connectivity index (χ4n) is 8.17. The van der Waals surface area contributed by atoms with Crippen LogP contribution in [0, 0.1) is 51.4 Å². The molecule has 0 amide bonds. The van der Waals surface area contributed by atoms with E-state index in [2.05, 4.69) is 31.2 Å². The first kappa shape index (κ1) is 85.0. The molecule has 0 N–H and O–H groups in total. The number of aromatic nitrogens is 10. The third kappa shape index (κ3) is 24.1. The smallest absolute Gasteiger partial charge is 0.334 e. The van der Waals surface area contributed by atoms with Crippen LogP contribution in [0.25, 0.3) is 5.76 Å². The molecule has 11 rings (SSSR count). The Morgan fingerprint density at radius 3 is 1.39 bits per heavy atom. The van der Waals surface area contributed by atoms with E-state index in [1.165, 1.54) is 114 Å². The molecule has 0 spiro atoms. The number of cyclic esters (lactones) is 1. The van der Waals surface area contributed by atoms with Gasteiger partial charge in [0.05, 0.1) is 5.95 Å². The largest absolute Gasteiger partial charge is 0.875 e. The number of carbonyl (C=O) groups excluding carboxylic acids is 3. The Hall–Kier alpha value is -10.1. The van der Waals surface area contributed by atoms with Crippen molar-refractivity contribution in [1.29, 1.82) is 0 Å². The standard InChI is InChI=1S/C13H14O2.C8H12O2.C6H8N2O3.C6H8N2O2S.C6H8O4.C5H8N2O2.C5H8N2OS.C5H8N2O.C4H5NO2S.C4H5NOS2/c1-6-7(2)9(4)13-11(15)5-10(14)12(13)8(6)3;1-8(2)4-6(9)3-7(10)5-8;2*1-7-4(9)3-5(10)8(2)6(7)11;1-6(2)9-4(7)3-5(8)10-6;1-6-4(8)3-5(9)7(6)2;1-6-3-4(8)7(2)5(6)9;1-4-3-5(8)7(2)6-4;1-5-3(6)2-7-4(5)8;1-5-3(6)2-8-4(5)7/h5,14H,1-4H3;3,9H,4-5H2,1-2H3;2*3,9H,1-2H3;3,7H,1-2H3;2*3,8H,1-2H3;3-4H,1-2H3;2*2,6H,1H3/p-9. The number of benzene rings is 1. The first-order valence-corrected chi connectivity index (χ1v) is 31.3. The molecule has 0 saturated carbocycles. The number of imidazole rings is 1. The number of allylic oxidation sites excluding steroid dienone is 3. The molecular formula is C62H75N12O20S5-9. The van der Waals surface area contributed by atoms with Gasteiger partial charge in [0, 0.05) is 130 Å². The van der Waals surface area contributed by atoms with Gasteiger partial charge in [-0.2, -0.15) is 0 Å². The summed E-state index contributed by atoms with van der Waals surface area (Å²) in [5.74, 6) is -4.21. The van der Waals surface area contributed by atoms with E-state index in [0.29, 0.717) is 32.7 Å². The summed E-state index contributed by atoms with van der Waals surface area (Å²) in [5.41, 5.74) is 3.44. The van der Waals surface area contributed by atoms with Crippen LogP contribution in [-0.4, -0.2) is 87.0 Å². The van der Waals surface area contributed by atoms with Crippen LogP contribution < -0.4 is 73.4 Å². The van der Waals surface area contributed by atoms with Crippen molar-refractivity contribution in [1.82, 2.24) is 45.9 Å². The van der Waals surface area contributed by atoms with E-state index in [0.717, 1.165) is 61.9 Å². The SMILES string of the molecule is CC1(C)CC(=O)C=C([O-])C1.CC1(C)OC(=O)C=C([O-])O1.CC1C=C([O-])[N+](C)=N1.Cc1c(C)c(C)c2c(c1C)C(=O)C=C2[O-].Cn1c([O-])cc(=O)n(C)c1=O.Cn1c([O-])cc(=O)n(C)c1=S.Cn1c([O-])cc(=O)n1C.Cn1c([O-])coc1=S.Cn1c([O-])csc1=S.Cn1cc([O-])n(C)c1=S. The molecule has 1 aromatic carbocycles. The average Bonchev–Trinajstić information content (AvgIpc) is 1.64. The summed E-state index contributed by atoms with van der Waals surface area (Å²) in [6, 6.07) is 3.02. The van der Waals surface area contributed by atoms with Gasteiger partial charge in [0.25, 0.3) is 21.5 Å². The molecule has 6 aromatic heterocycles. The lowest BCUT2D eigenvalue weighted by Gasteiger charge is -2.36. The molecule has 7 aromatic rings. The third-order valence-electron chi connectivity index (χ3n) is 14.3. The van der Waals surface area contributed by atoms with Gasteiger partial charge in [-0.05, 0) is 184 Å². The van der Waals surface area contributed by atoms with Crippen LogP contribution in [-0.2, 0) is 89.5 Å². The molecule has 0 radical (unpaired) electrons. The van der Waals surface area contributed by atoms with Crippen LogP contribution >= 0.6 is 60.2 Å². The van der Waals surface area contributed by atoms with E-state index in [4.69, 9.17) is 36.7 Å². The van der Waals surface area contributed by atoms with Gasteiger partial charge in [-0.15, -0.1) is 21.8 Å². The lowest BCUT2D eigenvalue weighted by atomic mass is 9.80. The van der Waals surface area contributed by atoms with Crippen molar-refractivity contribution in [3.63, 3.8) is 0 Å². The number of rotatable bonds is 0. The van der Waals surface area contributed by atoms with E-state index in [1.54, 1.807) is 60.0 Å². The normalized spacial score (nSPS) is 14.7. The van der Waals surface area contributed by atoms with E-state index in [9.17, 15) is 84.6 Å². The number of esters is 1. The van der Waals surface area contributed by atoms with Crippen LogP contribution in [0.5, 0.6) is 35.3 Å². The average molecular weight is 1470 g/mol. The number of oxazole rings is 1. The lowest BCUT2D eigenvalue weighted by molar-refractivity contribution is -0.623. The summed E-state index contributed by atoms with van der Waals surface area (Å²) in [5, 5.41) is 113. The molecule has 2 aliphatic heterocycles. The number of aryl methyl sites for hydroxylation is 1. The molecule has 1 unspecified atom stereocenters. The number of fused-ring (bicyclic) bond motifs is 1. The van der Waals surface area contributed by atoms with Crippen molar-refractivity contribution < 1.29 is 84.0 Å². The van der Waals surface area contributed by atoms with E-state index in [-0.39, 0.29) is 90.6 Å². The summed E-state index contributed by atoms with van der Waals surface area (Å²) < 4.78 is 29.1. The summed E-state index contributed by atoms with van der Waals surface area (Å²) in [4.78, 5) is 76.4. The molecule has 0 bridgehead atoms. The highest BCUT2D eigenvalue weighted by molar-refractivity contribution is 7.73. The van der Waals surface area contributed by atoms with Crippen LogP contribution in [0.2, 0.25) is 0 Å².